The van der Waals surface area contributed by atoms with Crippen molar-refractivity contribution in [3.63, 3.8) is 0 Å². The van der Waals surface area contributed by atoms with Gasteiger partial charge >= 0.3 is 0 Å². The van der Waals surface area contributed by atoms with Crippen molar-refractivity contribution in [2.24, 2.45) is 0 Å². The molecular weight excluding hydrogens is 476 g/mol. The molecule has 2 aromatic heterocycles. The number of methoxy groups -OCH3 is 2. The normalized spacial score (nSPS) is 11.8. The summed E-state index contributed by atoms with van der Waals surface area (Å²) in [4.78, 5) is 18.6. The summed E-state index contributed by atoms with van der Waals surface area (Å²) in [7, 11) is 3.05. The van der Waals surface area contributed by atoms with Gasteiger partial charge < -0.3 is 24.6 Å². The van der Waals surface area contributed by atoms with Gasteiger partial charge in [-0.15, -0.1) is 11.3 Å². The molecule has 4 aromatic rings. The van der Waals surface area contributed by atoms with E-state index < -0.39 is 6.10 Å². The van der Waals surface area contributed by atoms with Crippen LogP contribution in [0.1, 0.15) is 10.4 Å². The van der Waals surface area contributed by atoms with Crippen LogP contribution in [-0.4, -0.2) is 49.5 Å². The van der Waals surface area contributed by atoms with Gasteiger partial charge in [-0.3, -0.25) is 4.79 Å². The molecule has 1 unspecified atom stereocenters. The number of hydrogen-bond donors (Lipinski definition) is 2. The number of benzene rings is 2. The first-order valence-electron chi connectivity index (χ1n) is 10.5. The third kappa shape index (κ3) is 5.25. The lowest BCUT2D eigenvalue weighted by molar-refractivity contribution is 0.0835. The minimum atomic E-state index is -0.956. The van der Waals surface area contributed by atoms with E-state index in [9.17, 15) is 9.90 Å². The van der Waals surface area contributed by atoms with E-state index in [1.54, 1.807) is 30.3 Å². The standard InChI is InChI=1S/C25H23ClN2O5S/c1-31-20-8-5-9-21(32-2)24(20)33-14-15(29)13-27-25(30)17-12-19(22-10-11-23(26)34-22)28-18-7-4-3-6-16(17)18/h3-12,15,29H,13-14H2,1-2H3,(H,27,30). The quantitative estimate of drug-likeness (QED) is 0.344. The Balaban J connectivity index is 1.47. The second kappa shape index (κ2) is 10.7. The van der Waals surface area contributed by atoms with Crippen LogP contribution in [0.3, 0.4) is 0 Å². The monoisotopic (exact) mass is 498 g/mol. The van der Waals surface area contributed by atoms with Crippen LogP contribution >= 0.6 is 22.9 Å². The molecule has 7 nitrogen and oxygen atoms in total. The van der Waals surface area contributed by atoms with Crippen LogP contribution in [0, 0.1) is 0 Å². The molecule has 0 bridgehead atoms. The number of halogens is 1. The molecule has 0 fully saturated rings. The third-order valence-corrected chi connectivity index (χ3v) is 6.34. The van der Waals surface area contributed by atoms with E-state index >= 15 is 0 Å². The van der Waals surface area contributed by atoms with Gasteiger partial charge in [0.2, 0.25) is 5.75 Å². The van der Waals surface area contributed by atoms with Gasteiger partial charge in [0.05, 0.1) is 40.2 Å². The Labute approximate surface area is 205 Å². The lowest BCUT2D eigenvalue weighted by Crippen LogP contribution is -2.35. The van der Waals surface area contributed by atoms with Crippen molar-refractivity contribution >= 4 is 39.7 Å². The average Bonchev–Trinajstić information content (AvgIpc) is 3.31. The fourth-order valence-corrected chi connectivity index (χ4v) is 4.45. The number of hydrogen-bond acceptors (Lipinski definition) is 7. The number of nitrogens with zero attached hydrogens (tertiary/aromatic N) is 1. The number of para-hydroxylation sites is 2. The van der Waals surface area contributed by atoms with Crippen molar-refractivity contribution in [1.82, 2.24) is 10.3 Å². The molecule has 9 heteroatoms. The fraction of sp³-hybridized carbons (Fsp3) is 0.200. The minimum absolute atomic E-state index is 0.00683. The van der Waals surface area contributed by atoms with Gasteiger partial charge in [0.1, 0.15) is 12.7 Å². The summed E-state index contributed by atoms with van der Waals surface area (Å²) in [5, 5.41) is 13.9. The van der Waals surface area contributed by atoms with Gasteiger partial charge in [-0.2, -0.15) is 0 Å². The van der Waals surface area contributed by atoms with Crippen LogP contribution in [0.25, 0.3) is 21.5 Å². The number of carbonyl (C=O) groups excluding carboxylic acids is 1. The van der Waals surface area contributed by atoms with E-state index in [-0.39, 0.29) is 19.1 Å². The molecule has 4 rings (SSSR count). The Kier molecular flexibility index (Phi) is 7.52. The molecule has 0 saturated heterocycles. The predicted octanol–water partition coefficient (Wildman–Crippen LogP) is 4.80. The number of nitrogens with one attached hydrogen (secondary N) is 1. The van der Waals surface area contributed by atoms with Crippen LogP contribution in [0.15, 0.2) is 60.7 Å². The molecule has 0 spiro atoms. The lowest BCUT2D eigenvalue weighted by atomic mass is 10.1. The maximum absolute atomic E-state index is 13.1. The lowest BCUT2D eigenvalue weighted by Gasteiger charge is -2.17. The number of pyridine rings is 1. The van der Waals surface area contributed by atoms with Crippen molar-refractivity contribution in [3.8, 4) is 27.8 Å². The van der Waals surface area contributed by atoms with E-state index in [1.165, 1.54) is 25.6 Å². The largest absolute Gasteiger partial charge is 0.493 e. The van der Waals surface area contributed by atoms with E-state index in [1.807, 2.05) is 30.3 Å². The summed E-state index contributed by atoms with van der Waals surface area (Å²) >= 11 is 7.48. The summed E-state index contributed by atoms with van der Waals surface area (Å²) in [6.07, 6.45) is -0.956. The average molecular weight is 499 g/mol. The number of aliphatic hydroxyl groups is 1. The Bertz CT molecular complexity index is 1290. The molecule has 2 aromatic carbocycles. The number of thiophene rings is 1. The van der Waals surface area contributed by atoms with E-state index in [4.69, 9.17) is 25.8 Å². The smallest absolute Gasteiger partial charge is 0.252 e. The highest BCUT2D eigenvalue weighted by molar-refractivity contribution is 7.19. The Morgan fingerprint density at radius 2 is 1.82 bits per heavy atom. The van der Waals surface area contributed by atoms with Crippen LogP contribution in [0.2, 0.25) is 4.34 Å². The predicted molar refractivity (Wildman–Crippen MR) is 133 cm³/mol. The maximum atomic E-state index is 13.1. The number of carbonyl (C=O) groups is 1. The Morgan fingerprint density at radius 3 is 2.50 bits per heavy atom. The van der Waals surface area contributed by atoms with Gasteiger partial charge in [0, 0.05) is 11.9 Å². The summed E-state index contributed by atoms with van der Waals surface area (Å²) in [5.41, 5.74) is 1.82. The van der Waals surface area contributed by atoms with Crippen LogP contribution < -0.4 is 19.5 Å². The Hall–Kier alpha value is -3.33. The zero-order valence-corrected chi connectivity index (χ0v) is 20.2. The number of aromatic nitrogens is 1. The minimum Gasteiger partial charge on any atom is -0.493 e. The number of ether oxygens (including phenoxy) is 3. The molecular formula is C25H23ClN2O5S. The van der Waals surface area contributed by atoms with Gasteiger partial charge in [-0.25, -0.2) is 4.98 Å². The Morgan fingerprint density at radius 1 is 1.09 bits per heavy atom. The second-order valence-corrected chi connectivity index (χ2v) is 9.06. The zero-order valence-electron chi connectivity index (χ0n) is 18.6. The molecule has 0 aliphatic rings. The van der Waals surface area contributed by atoms with Gasteiger partial charge in [-0.05, 0) is 36.4 Å². The second-order valence-electron chi connectivity index (χ2n) is 7.34. The molecule has 0 radical (unpaired) electrons. The SMILES string of the molecule is COc1cccc(OC)c1OCC(O)CNC(=O)c1cc(-c2ccc(Cl)s2)nc2ccccc12. The summed E-state index contributed by atoms with van der Waals surface area (Å²) in [5.74, 6) is 1.04. The summed E-state index contributed by atoms with van der Waals surface area (Å²) in [6, 6.07) is 18.1. The van der Waals surface area contributed by atoms with E-state index in [0.29, 0.717) is 38.4 Å². The molecule has 2 heterocycles. The first kappa shape index (κ1) is 23.8. The van der Waals surface area contributed by atoms with Crippen molar-refractivity contribution in [3.05, 3.63) is 70.6 Å². The summed E-state index contributed by atoms with van der Waals surface area (Å²) in [6.45, 7) is -0.0693. The molecule has 2 N–H and O–H groups in total. The molecule has 1 atom stereocenters. The molecule has 34 heavy (non-hydrogen) atoms. The molecule has 0 aliphatic heterocycles. The maximum Gasteiger partial charge on any atom is 0.252 e. The molecule has 0 saturated carbocycles. The van der Waals surface area contributed by atoms with Gasteiger partial charge in [0.25, 0.3) is 5.91 Å². The topological polar surface area (TPSA) is 89.9 Å². The molecule has 176 valence electrons. The van der Waals surface area contributed by atoms with E-state index in [2.05, 4.69) is 10.3 Å². The van der Waals surface area contributed by atoms with Crippen molar-refractivity contribution in [2.45, 2.75) is 6.10 Å². The van der Waals surface area contributed by atoms with Crippen molar-refractivity contribution < 1.29 is 24.1 Å². The highest BCUT2D eigenvalue weighted by Gasteiger charge is 2.17. The van der Waals surface area contributed by atoms with E-state index in [0.717, 1.165) is 10.3 Å². The number of rotatable bonds is 9. The fourth-order valence-electron chi connectivity index (χ4n) is 3.45. The van der Waals surface area contributed by atoms with Crippen LogP contribution in [-0.2, 0) is 0 Å². The van der Waals surface area contributed by atoms with Crippen LogP contribution in [0.5, 0.6) is 17.2 Å². The third-order valence-electron chi connectivity index (χ3n) is 5.09. The number of amides is 1. The first-order chi connectivity index (χ1) is 16.5. The van der Waals surface area contributed by atoms with Crippen molar-refractivity contribution in [2.75, 3.05) is 27.4 Å². The van der Waals surface area contributed by atoms with Crippen molar-refractivity contribution in [1.29, 1.82) is 0 Å². The van der Waals surface area contributed by atoms with Crippen LogP contribution in [0.4, 0.5) is 0 Å². The molecule has 1 amide bonds. The number of fused-ring (bicyclic) bond motifs is 1. The zero-order chi connectivity index (χ0) is 24.1. The molecule has 0 aliphatic carbocycles. The number of aliphatic hydroxyl groups excluding tert-OH is 1. The summed E-state index contributed by atoms with van der Waals surface area (Å²) < 4.78 is 17.0. The highest BCUT2D eigenvalue weighted by Crippen LogP contribution is 2.37. The van der Waals surface area contributed by atoms with Gasteiger partial charge in [-0.1, -0.05) is 35.9 Å². The van der Waals surface area contributed by atoms with Gasteiger partial charge in [0.15, 0.2) is 11.5 Å². The first-order valence-corrected chi connectivity index (χ1v) is 11.6. The highest BCUT2D eigenvalue weighted by atomic mass is 35.5.